The third-order valence-corrected chi connectivity index (χ3v) is 5.77. The Labute approximate surface area is 196 Å². The van der Waals surface area contributed by atoms with Gasteiger partial charge in [-0.1, -0.05) is 18.2 Å². The highest BCUT2D eigenvalue weighted by Crippen LogP contribution is 2.31. The van der Waals surface area contributed by atoms with Crippen molar-refractivity contribution in [1.82, 2.24) is 4.90 Å². The average molecular weight is 473 g/mol. The van der Waals surface area contributed by atoms with Gasteiger partial charge in [0.25, 0.3) is 0 Å². The van der Waals surface area contributed by atoms with Crippen LogP contribution in [-0.4, -0.2) is 37.2 Å². The van der Waals surface area contributed by atoms with Gasteiger partial charge in [-0.3, -0.25) is 4.90 Å². The van der Waals surface area contributed by atoms with Gasteiger partial charge in [0, 0.05) is 18.7 Å². The molecule has 0 amide bonds. The van der Waals surface area contributed by atoms with E-state index in [0.29, 0.717) is 30.2 Å². The van der Waals surface area contributed by atoms with Gasteiger partial charge in [-0.25, -0.2) is 4.79 Å². The number of hydrogen-bond donors (Lipinski definition) is 0. The third kappa shape index (κ3) is 5.99. The Balaban J connectivity index is 1.35. The Bertz CT molecular complexity index is 1120. The maximum absolute atomic E-state index is 12.8. The number of esters is 1. The van der Waals surface area contributed by atoms with Gasteiger partial charge >= 0.3 is 12.1 Å². The van der Waals surface area contributed by atoms with Crippen LogP contribution in [0.5, 0.6) is 5.75 Å². The van der Waals surface area contributed by atoms with Gasteiger partial charge in [0.15, 0.2) is 6.61 Å². The fourth-order valence-corrected chi connectivity index (χ4v) is 4.00. The molecule has 0 fully saturated rings. The zero-order valence-corrected chi connectivity index (χ0v) is 18.9. The molecule has 3 aromatic rings. The maximum Gasteiger partial charge on any atom is 0.416 e. The number of hydrogen-bond acceptors (Lipinski definition) is 5. The molecule has 0 spiro atoms. The van der Waals surface area contributed by atoms with E-state index >= 15 is 0 Å². The number of fused-ring (bicyclic) bond motifs is 1. The van der Waals surface area contributed by atoms with Crippen LogP contribution in [0.15, 0.2) is 59.0 Å². The Kier molecular flexibility index (Phi) is 7.26. The monoisotopic (exact) mass is 473 g/mol. The van der Waals surface area contributed by atoms with Crippen molar-refractivity contribution in [3.05, 3.63) is 77.0 Å². The van der Waals surface area contributed by atoms with Crippen LogP contribution >= 0.6 is 0 Å². The Morgan fingerprint density at radius 2 is 1.74 bits per heavy atom. The summed E-state index contributed by atoms with van der Waals surface area (Å²) in [5.41, 5.74) is 2.36. The summed E-state index contributed by atoms with van der Waals surface area (Å²) in [7, 11) is 0. The number of benzene rings is 2. The molecule has 1 aromatic heterocycles. The van der Waals surface area contributed by atoms with Crippen LogP contribution in [-0.2, 0) is 35.1 Å². The molecule has 0 saturated heterocycles. The summed E-state index contributed by atoms with van der Waals surface area (Å²) >= 11 is 0. The molecule has 8 heteroatoms. The van der Waals surface area contributed by atoms with Crippen molar-refractivity contribution < 1.29 is 31.9 Å². The predicted octanol–water partition coefficient (Wildman–Crippen LogP) is 5.51. The molecular formula is C26H26F3NO4. The Morgan fingerprint density at radius 3 is 2.44 bits per heavy atom. The number of carbonyl (C=O) groups excluding carboxylic acids is 1. The molecule has 1 aliphatic heterocycles. The van der Waals surface area contributed by atoms with E-state index in [1.54, 1.807) is 13.0 Å². The summed E-state index contributed by atoms with van der Waals surface area (Å²) in [5.74, 6) is 1.56. The van der Waals surface area contributed by atoms with Gasteiger partial charge in [0.1, 0.15) is 17.3 Å². The van der Waals surface area contributed by atoms with E-state index in [9.17, 15) is 18.0 Å². The summed E-state index contributed by atoms with van der Waals surface area (Å²) < 4.78 is 54.7. The summed E-state index contributed by atoms with van der Waals surface area (Å²) in [5, 5.41) is 0. The average Bonchev–Trinajstić information content (AvgIpc) is 3.19. The van der Waals surface area contributed by atoms with Crippen molar-refractivity contribution in [3.8, 4) is 17.1 Å². The number of ether oxygens (including phenoxy) is 2. The minimum absolute atomic E-state index is 0.113. The number of halogens is 3. The van der Waals surface area contributed by atoms with Crippen molar-refractivity contribution >= 4 is 5.97 Å². The number of furan rings is 1. The fourth-order valence-electron chi connectivity index (χ4n) is 4.00. The summed E-state index contributed by atoms with van der Waals surface area (Å²) in [4.78, 5) is 13.8. The Morgan fingerprint density at radius 1 is 1.00 bits per heavy atom. The van der Waals surface area contributed by atoms with Crippen molar-refractivity contribution in [2.75, 3.05) is 26.3 Å². The van der Waals surface area contributed by atoms with E-state index in [4.69, 9.17) is 13.9 Å². The lowest BCUT2D eigenvalue weighted by atomic mass is 10.0. The van der Waals surface area contributed by atoms with Crippen LogP contribution in [0.3, 0.4) is 0 Å². The van der Waals surface area contributed by atoms with Crippen LogP contribution in [0.2, 0.25) is 0 Å². The van der Waals surface area contributed by atoms with Crippen molar-refractivity contribution in [2.24, 2.45) is 0 Å². The smallest absolute Gasteiger partial charge is 0.416 e. The molecule has 180 valence electrons. The topological polar surface area (TPSA) is 51.9 Å². The van der Waals surface area contributed by atoms with Crippen LogP contribution in [0.25, 0.3) is 11.3 Å². The van der Waals surface area contributed by atoms with Gasteiger partial charge in [-0.15, -0.1) is 0 Å². The van der Waals surface area contributed by atoms with Gasteiger partial charge in [0.05, 0.1) is 18.7 Å². The minimum Gasteiger partial charge on any atom is -0.482 e. The molecule has 0 atom stereocenters. The van der Waals surface area contributed by atoms with Crippen molar-refractivity contribution in [1.29, 1.82) is 0 Å². The molecule has 0 saturated carbocycles. The van der Waals surface area contributed by atoms with Crippen LogP contribution in [0.1, 0.15) is 29.4 Å². The molecule has 2 heterocycles. The van der Waals surface area contributed by atoms with E-state index in [-0.39, 0.29) is 6.61 Å². The number of nitrogens with zero attached hydrogens (tertiary/aromatic N) is 1. The summed E-state index contributed by atoms with van der Waals surface area (Å²) in [6.45, 7) is 4.25. The summed E-state index contributed by atoms with van der Waals surface area (Å²) in [6.07, 6.45) is -2.65. The van der Waals surface area contributed by atoms with E-state index in [1.165, 1.54) is 23.3 Å². The highest BCUT2D eigenvalue weighted by atomic mass is 19.4. The lowest BCUT2D eigenvalue weighted by Gasteiger charge is -2.18. The highest BCUT2D eigenvalue weighted by molar-refractivity contribution is 5.71. The van der Waals surface area contributed by atoms with E-state index in [1.807, 2.05) is 24.3 Å². The highest BCUT2D eigenvalue weighted by Gasteiger charge is 2.30. The Hall–Kier alpha value is -3.26. The van der Waals surface area contributed by atoms with Crippen LogP contribution < -0.4 is 4.74 Å². The van der Waals surface area contributed by atoms with Crippen molar-refractivity contribution in [2.45, 2.75) is 32.5 Å². The van der Waals surface area contributed by atoms with E-state index in [0.717, 1.165) is 43.8 Å². The van der Waals surface area contributed by atoms with E-state index in [2.05, 4.69) is 4.90 Å². The molecule has 0 radical (unpaired) electrons. The maximum atomic E-state index is 12.8. The second-order valence-corrected chi connectivity index (χ2v) is 8.14. The molecule has 34 heavy (non-hydrogen) atoms. The molecule has 0 aliphatic carbocycles. The molecule has 2 aromatic carbocycles. The van der Waals surface area contributed by atoms with Gasteiger partial charge in [0.2, 0.25) is 0 Å². The van der Waals surface area contributed by atoms with Crippen LogP contribution in [0, 0.1) is 0 Å². The normalized spacial score (nSPS) is 14.4. The molecular weight excluding hydrogens is 447 g/mol. The largest absolute Gasteiger partial charge is 0.482 e. The molecule has 0 bridgehead atoms. The first kappa shape index (κ1) is 23.9. The summed E-state index contributed by atoms with van der Waals surface area (Å²) in [6, 6.07) is 14.5. The standard InChI is InChI=1S/C26H26F3NO4/c1-2-32-25(31)17-33-22-8-5-18-11-13-30(14-12-20(18)15-22)16-23-9-10-24(34-23)19-3-6-21(7-4-19)26(27,28)29/h3-10,15H,2,11-14,16-17H2,1H3. The quantitative estimate of drug-likeness (QED) is 0.424. The lowest BCUT2D eigenvalue weighted by molar-refractivity contribution is -0.145. The van der Waals surface area contributed by atoms with E-state index < -0.39 is 17.7 Å². The van der Waals surface area contributed by atoms with Crippen molar-refractivity contribution in [3.63, 3.8) is 0 Å². The minimum atomic E-state index is -4.36. The number of rotatable bonds is 7. The second-order valence-electron chi connectivity index (χ2n) is 8.14. The molecule has 0 N–H and O–H groups in total. The van der Waals surface area contributed by atoms with Gasteiger partial charge < -0.3 is 13.9 Å². The lowest BCUT2D eigenvalue weighted by Crippen LogP contribution is -2.25. The zero-order chi connectivity index (χ0) is 24.1. The predicted molar refractivity (Wildman–Crippen MR) is 120 cm³/mol. The number of carbonyl (C=O) groups is 1. The fraction of sp³-hybridized carbons (Fsp3) is 0.346. The number of alkyl halides is 3. The van der Waals surface area contributed by atoms with Gasteiger partial charge in [-0.2, -0.15) is 13.2 Å². The molecule has 4 rings (SSSR count). The third-order valence-electron chi connectivity index (χ3n) is 5.77. The van der Waals surface area contributed by atoms with Crippen LogP contribution in [0.4, 0.5) is 13.2 Å². The first-order valence-electron chi connectivity index (χ1n) is 11.2. The zero-order valence-electron chi connectivity index (χ0n) is 18.9. The molecule has 1 aliphatic rings. The molecule has 0 unspecified atom stereocenters. The molecule has 5 nitrogen and oxygen atoms in total. The second kappa shape index (κ2) is 10.3. The first-order valence-corrected chi connectivity index (χ1v) is 11.2. The first-order chi connectivity index (χ1) is 16.3. The van der Waals surface area contributed by atoms with Gasteiger partial charge in [-0.05, 0) is 67.3 Å². The SMILES string of the molecule is CCOC(=O)COc1ccc2c(c1)CCN(Cc1ccc(-c3ccc(C(F)(F)F)cc3)o1)CC2.